The van der Waals surface area contributed by atoms with Gasteiger partial charge in [0.2, 0.25) is 5.91 Å². The number of anilines is 1. The number of benzene rings is 2. The van der Waals surface area contributed by atoms with E-state index in [-0.39, 0.29) is 17.9 Å². The molecule has 0 saturated carbocycles. The minimum absolute atomic E-state index is 0.00499. The minimum Gasteiger partial charge on any atom is -0.390 e. The molecule has 4 rings (SSSR count). The number of carbonyl (C=O) groups excluding carboxylic acids is 2. The average Bonchev–Trinajstić information content (AvgIpc) is 2.90. The quantitative estimate of drug-likeness (QED) is 0.791. The Morgan fingerprint density at radius 2 is 1.96 bits per heavy atom. The van der Waals surface area contributed by atoms with E-state index in [0.717, 1.165) is 22.4 Å². The van der Waals surface area contributed by atoms with E-state index in [1.54, 1.807) is 12.1 Å². The number of aliphatic hydroxyl groups is 1. The molecule has 0 radical (unpaired) electrons. The summed E-state index contributed by atoms with van der Waals surface area (Å²) < 4.78 is 0. The van der Waals surface area contributed by atoms with Gasteiger partial charge in [-0.3, -0.25) is 9.59 Å². The number of aliphatic hydroxyl groups excluding tert-OH is 1. The molecule has 0 saturated heterocycles. The fourth-order valence-corrected chi connectivity index (χ4v) is 3.50. The molecule has 1 aliphatic heterocycles. The summed E-state index contributed by atoms with van der Waals surface area (Å²) >= 11 is 0. The van der Waals surface area contributed by atoms with Crippen LogP contribution in [-0.2, 0) is 17.6 Å². The molecular weight excluding hydrogens is 304 g/mol. The highest BCUT2D eigenvalue weighted by molar-refractivity contribution is 5.98. The Kier molecular flexibility index (Phi) is 3.58. The molecule has 122 valence electrons. The Labute approximate surface area is 139 Å². The molecule has 5 heteroatoms. The Morgan fingerprint density at radius 1 is 1.12 bits per heavy atom. The third-order valence-corrected chi connectivity index (χ3v) is 4.75. The average molecular weight is 322 g/mol. The van der Waals surface area contributed by atoms with Crippen LogP contribution in [0.15, 0.2) is 42.5 Å². The van der Waals surface area contributed by atoms with Gasteiger partial charge in [-0.2, -0.15) is 0 Å². The number of carbonyl (C=O) groups is 2. The Balaban J connectivity index is 1.56. The molecule has 1 aliphatic carbocycles. The fraction of sp³-hybridized carbons (Fsp3) is 0.263. The first-order valence-corrected chi connectivity index (χ1v) is 8.11. The van der Waals surface area contributed by atoms with E-state index >= 15 is 0 Å². The van der Waals surface area contributed by atoms with Gasteiger partial charge in [-0.25, -0.2) is 0 Å². The molecule has 2 amide bonds. The molecule has 2 aromatic carbocycles. The number of rotatable bonds is 2. The van der Waals surface area contributed by atoms with Gasteiger partial charge in [0.25, 0.3) is 5.91 Å². The summed E-state index contributed by atoms with van der Waals surface area (Å²) in [6.07, 6.45) is 1.02. The Morgan fingerprint density at radius 3 is 2.83 bits per heavy atom. The van der Waals surface area contributed by atoms with Gasteiger partial charge in [0.1, 0.15) is 0 Å². The fourth-order valence-electron chi connectivity index (χ4n) is 3.50. The van der Waals surface area contributed by atoms with Crippen molar-refractivity contribution in [3.05, 3.63) is 64.7 Å². The van der Waals surface area contributed by atoms with Crippen LogP contribution in [0.4, 0.5) is 5.69 Å². The maximum absolute atomic E-state index is 12.6. The second-order valence-electron chi connectivity index (χ2n) is 6.34. The maximum Gasteiger partial charge on any atom is 0.251 e. The van der Waals surface area contributed by atoms with Crippen LogP contribution in [0.1, 0.15) is 39.5 Å². The molecular formula is C19H18N2O3. The van der Waals surface area contributed by atoms with Crippen molar-refractivity contribution in [1.82, 2.24) is 5.32 Å². The topological polar surface area (TPSA) is 78.4 Å². The number of hydrogen-bond acceptors (Lipinski definition) is 3. The maximum atomic E-state index is 12.6. The summed E-state index contributed by atoms with van der Waals surface area (Å²) in [5.74, 6) is -0.208. The van der Waals surface area contributed by atoms with Crippen molar-refractivity contribution in [3.8, 4) is 0 Å². The summed E-state index contributed by atoms with van der Waals surface area (Å²) in [5, 5.41) is 16.0. The van der Waals surface area contributed by atoms with E-state index < -0.39 is 6.10 Å². The summed E-state index contributed by atoms with van der Waals surface area (Å²) in [7, 11) is 0. The van der Waals surface area contributed by atoms with E-state index in [1.807, 2.05) is 30.3 Å². The zero-order chi connectivity index (χ0) is 16.7. The van der Waals surface area contributed by atoms with Crippen molar-refractivity contribution in [2.45, 2.75) is 31.4 Å². The molecule has 0 spiro atoms. The third-order valence-electron chi connectivity index (χ3n) is 4.75. The van der Waals surface area contributed by atoms with Crippen molar-refractivity contribution in [2.24, 2.45) is 0 Å². The van der Waals surface area contributed by atoms with Crippen LogP contribution in [0.3, 0.4) is 0 Å². The number of nitrogens with one attached hydrogen (secondary N) is 2. The SMILES string of the molecule is O=C1CCc2cc(C(=O)NC3c4ccccc4CC3O)ccc2N1. The lowest BCUT2D eigenvalue weighted by molar-refractivity contribution is -0.116. The highest BCUT2D eigenvalue weighted by Gasteiger charge is 2.32. The molecule has 2 aliphatic rings. The molecule has 24 heavy (non-hydrogen) atoms. The van der Waals surface area contributed by atoms with Gasteiger partial charge < -0.3 is 15.7 Å². The third kappa shape index (κ3) is 2.57. The summed E-state index contributed by atoms with van der Waals surface area (Å²) in [5.41, 5.74) is 4.33. The molecule has 0 bridgehead atoms. The normalized spacial score (nSPS) is 21.6. The highest BCUT2D eigenvalue weighted by atomic mass is 16.3. The van der Waals surface area contributed by atoms with E-state index in [1.165, 1.54) is 0 Å². The molecule has 2 unspecified atom stereocenters. The number of fused-ring (bicyclic) bond motifs is 2. The van der Waals surface area contributed by atoms with E-state index in [4.69, 9.17) is 0 Å². The molecule has 0 aromatic heterocycles. The number of aryl methyl sites for hydroxylation is 1. The summed E-state index contributed by atoms with van der Waals surface area (Å²) in [6, 6.07) is 12.7. The zero-order valence-corrected chi connectivity index (χ0v) is 13.1. The van der Waals surface area contributed by atoms with Crippen LogP contribution in [0.2, 0.25) is 0 Å². The van der Waals surface area contributed by atoms with Gasteiger partial charge in [-0.05, 0) is 41.3 Å². The van der Waals surface area contributed by atoms with Gasteiger partial charge in [-0.1, -0.05) is 24.3 Å². The predicted octanol–water partition coefficient (Wildman–Crippen LogP) is 1.96. The van der Waals surface area contributed by atoms with Crippen LogP contribution in [0.25, 0.3) is 0 Å². The lowest BCUT2D eigenvalue weighted by atomic mass is 9.99. The van der Waals surface area contributed by atoms with Crippen LogP contribution in [0, 0.1) is 0 Å². The van der Waals surface area contributed by atoms with Crippen molar-refractivity contribution < 1.29 is 14.7 Å². The van der Waals surface area contributed by atoms with Gasteiger partial charge in [-0.15, -0.1) is 0 Å². The van der Waals surface area contributed by atoms with Crippen LogP contribution < -0.4 is 10.6 Å². The van der Waals surface area contributed by atoms with Gasteiger partial charge in [0, 0.05) is 24.1 Å². The largest absolute Gasteiger partial charge is 0.390 e. The number of hydrogen-bond donors (Lipinski definition) is 3. The monoisotopic (exact) mass is 322 g/mol. The van der Waals surface area contributed by atoms with E-state index in [2.05, 4.69) is 10.6 Å². The Hall–Kier alpha value is -2.66. The second-order valence-corrected chi connectivity index (χ2v) is 6.34. The standard InChI is InChI=1S/C19H18N2O3/c22-16-10-11-3-1-2-4-14(11)18(16)21-19(24)13-5-7-15-12(9-13)6-8-17(23)20-15/h1-5,7,9,16,18,22H,6,8,10H2,(H,20,23)(H,21,24). The minimum atomic E-state index is -0.608. The smallest absolute Gasteiger partial charge is 0.251 e. The predicted molar refractivity (Wildman–Crippen MR) is 89.8 cm³/mol. The zero-order valence-electron chi connectivity index (χ0n) is 13.1. The first-order valence-electron chi connectivity index (χ1n) is 8.11. The Bertz CT molecular complexity index is 831. The van der Waals surface area contributed by atoms with Gasteiger partial charge in [0.05, 0.1) is 12.1 Å². The lowest BCUT2D eigenvalue weighted by Gasteiger charge is -2.20. The van der Waals surface area contributed by atoms with E-state index in [9.17, 15) is 14.7 Å². The first kappa shape index (κ1) is 14.9. The van der Waals surface area contributed by atoms with Crippen molar-refractivity contribution >= 4 is 17.5 Å². The summed E-state index contributed by atoms with van der Waals surface area (Å²) in [6.45, 7) is 0. The molecule has 1 heterocycles. The lowest BCUT2D eigenvalue weighted by Crippen LogP contribution is -2.34. The van der Waals surface area contributed by atoms with Crippen molar-refractivity contribution in [3.63, 3.8) is 0 Å². The van der Waals surface area contributed by atoms with Gasteiger partial charge in [0.15, 0.2) is 0 Å². The molecule has 2 aromatic rings. The second kappa shape index (κ2) is 5.76. The molecule has 5 nitrogen and oxygen atoms in total. The number of amides is 2. The molecule has 2 atom stereocenters. The molecule has 3 N–H and O–H groups in total. The van der Waals surface area contributed by atoms with E-state index in [0.29, 0.717) is 24.8 Å². The summed E-state index contributed by atoms with van der Waals surface area (Å²) in [4.78, 5) is 24.0. The molecule has 0 fully saturated rings. The van der Waals surface area contributed by atoms with Crippen LogP contribution in [-0.4, -0.2) is 23.0 Å². The van der Waals surface area contributed by atoms with Crippen molar-refractivity contribution in [1.29, 1.82) is 0 Å². The first-order chi connectivity index (χ1) is 11.6. The van der Waals surface area contributed by atoms with Gasteiger partial charge >= 0.3 is 0 Å². The van der Waals surface area contributed by atoms with Crippen LogP contribution >= 0.6 is 0 Å². The van der Waals surface area contributed by atoms with Crippen molar-refractivity contribution in [2.75, 3.05) is 5.32 Å². The highest BCUT2D eigenvalue weighted by Crippen LogP contribution is 2.31. The van der Waals surface area contributed by atoms with Crippen LogP contribution in [0.5, 0.6) is 0 Å².